The molecule has 1 atom stereocenters. The Labute approximate surface area is 149 Å². The topological polar surface area (TPSA) is 54.0 Å². The smallest absolute Gasteiger partial charge is 0.181 e. The van der Waals surface area contributed by atoms with E-state index in [0.29, 0.717) is 12.0 Å². The highest BCUT2D eigenvalue weighted by Crippen LogP contribution is 2.31. The molecule has 0 radical (unpaired) electrons. The number of aromatic nitrogens is 3. The molecule has 2 fully saturated rings. The van der Waals surface area contributed by atoms with E-state index in [1.165, 1.54) is 37.7 Å². The normalized spacial score (nSPS) is 21.3. The quantitative estimate of drug-likeness (QED) is 0.917. The van der Waals surface area contributed by atoms with Crippen LogP contribution >= 0.6 is 0 Å². The third-order valence-corrected chi connectivity index (χ3v) is 5.74. The molecular weight excluding hydrogens is 312 g/mol. The molecule has 2 heterocycles. The molecule has 1 aromatic carbocycles. The molecule has 0 spiro atoms. The zero-order valence-corrected chi connectivity index (χ0v) is 15.1. The van der Waals surface area contributed by atoms with Gasteiger partial charge >= 0.3 is 0 Å². The van der Waals surface area contributed by atoms with E-state index in [9.17, 15) is 0 Å². The summed E-state index contributed by atoms with van der Waals surface area (Å²) in [7, 11) is 0. The number of hydrogen-bond donors (Lipinski definition) is 1. The maximum atomic E-state index is 5.45. The van der Waals surface area contributed by atoms with Crippen molar-refractivity contribution in [3.8, 4) is 11.4 Å². The van der Waals surface area contributed by atoms with Crippen LogP contribution in [0, 0.1) is 0 Å². The van der Waals surface area contributed by atoms with Crippen LogP contribution in [0.4, 0.5) is 0 Å². The highest BCUT2D eigenvalue weighted by Gasteiger charge is 2.20. The number of rotatable bonds is 4. The van der Waals surface area contributed by atoms with E-state index in [1.54, 1.807) is 0 Å². The zero-order chi connectivity index (χ0) is 17.1. The van der Waals surface area contributed by atoms with Crippen molar-refractivity contribution in [3.63, 3.8) is 0 Å². The molecule has 1 aliphatic carbocycles. The zero-order valence-electron chi connectivity index (χ0n) is 15.1. The summed E-state index contributed by atoms with van der Waals surface area (Å²) >= 11 is 0. The fraction of sp³-hybridized carbons (Fsp3) is 0.600. The second-order valence-electron chi connectivity index (χ2n) is 7.33. The lowest BCUT2D eigenvalue weighted by Crippen LogP contribution is -2.37. The van der Waals surface area contributed by atoms with Crippen LogP contribution in [0.2, 0.25) is 0 Å². The summed E-state index contributed by atoms with van der Waals surface area (Å²) in [4.78, 5) is 7.25. The second-order valence-corrected chi connectivity index (χ2v) is 7.33. The van der Waals surface area contributed by atoms with Crippen molar-refractivity contribution in [3.05, 3.63) is 35.7 Å². The Morgan fingerprint density at radius 1 is 1.08 bits per heavy atom. The molecule has 1 saturated carbocycles. The van der Waals surface area contributed by atoms with Gasteiger partial charge in [-0.25, -0.2) is 4.98 Å². The van der Waals surface area contributed by atoms with Gasteiger partial charge in [-0.2, -0.15) is 5.10 Å². The van der Waals surface area contributed by atoms with E-state index in [2.05, 4.69) is 46.3 Å². The van der Waals surface area contributed by atoms with E-state index < -0.39 is 0 Å². The first kappa shape index (κ1) is 16.7. The number of hydrogen-bond acceptors (Lipinski definition) is 4. The molecule has 134 valence electrons. The van der Waals surface area contributed by atoms with Gasteiger partial charge in [0.1, 0.15) is 5.82 Å². The monoisotopic (exact) mass is 340 g/mol. The van der Waals surface area contributed by atoms with Crippen molar-refractivity contribution < 1.29 is 4.74 Å². The number of benzene rings is 1. The van der Waals surface area contributed by atoms with Crippen molar-refractivity contribution >= 4 is 0 Å². The molecule has 5 nitrogen and oxygen atoms in total. The van der Waals surface area contributed by atoms with Gasteiger partial charge in [0, 0.05) is 30.6 Å². The second kappa shape index (κ2) is 7.67. The minimum atomic E-state index is 0.419. The summed E-state index contributed by atoms with van der Waals surface area (Å²) in [6.45, 7) is 5.96. The number of nitrogens with zero attached hydrogens (tertiary/aromatic N) is 3. The minimum absolute atomic E-state index is 0.419. The summed E-state index contributed by atoms with van der Waals surface area (Å²) in [5, 5.41) is 7.64. The number of morpholine rings is 1. The van der Waals surface area contributed by atoms with E-state index in [-0.39, 0.29) is 0 Å². The summed E-state index contributed by atoms with van der Waals surface area (Å²) < 4.78 is 5.45. The van der Waals surface area contributed by atoms with Gasteiger partial charge in [0.05, 0.1) is 13.2 Å². The predicted octanol–water partition coefficient (Wildman–Crippen LogP) is 3.91. The van der Waals surface area contributed by atoms with Crippen molar-refractivity contribution in [2.75, 3.05) is 26.3 Å². The standard InChI is InChI=1S/C20H28N4O/c1-15(24-11-13-25-14-12-24)16-7-9-18(10-8-16)20-21-19(22-23-20)17-5-3-2-4-6-17/h7-10,15,17H,2-6,11-14H2,1H3,(H,21,22,23)/t15-/m0/s1. The summed E-state index contributed by atoms with van der Waals surface area (Å²) in [6.07, 6.45) is 6.47. The van der Waals surface area contributed by atoms with E-state index >= 15 is 0 Å². The summed E-state index contributed by atoms with van der Waals surface area (Å²) in [5.74, 6) is 2.46. The summed E-state index contributed by atoms with van der Waals surface area (Å²) in [5.41, 5.74) is 2.44. The average Bonchev–Trinajstić information content (AvgIpc) is 3.19. The molecule has 1 aliphatic heterocycles. The molecule has 1 saturated heterocycles. The van der Waals surface area contributed by atoms with Crippen LogP contribution in [0.25, 0.3) is 11.4 Å². The van der Waals surface area contributed by atoms with Crippen LogP contribution in [0.1, 0.15) is 62.4 Å². The largest absolute Gasteiger partial charge is 0.379 e. The molecule has 25 heavy (non-hydrogen) atoms. The molecule has 0 amide bonds. The molecule has 0 bridgehead atoms. The Hall–Kier alpha value is -1.72. The van der Waals surface area contributed by atoms with Crippen LogP contribution in [0.3, 0.4) is 0 Å². The van der Waals surface area contributed by atoms with Crippen molar-refractivity contribution in [1.82, 2.24) is 20.1 Å². The Bertz CT molecular complexity index is 669. The lowest BCUT2D eigenvalue weighted by atomic mass is 9.89. The van der Waals surface area contributed by atoms with Gasteiger partial charge in [0.2, 0.25) is 0 Å². The SMILES string of the molecule is C[C@@H](c1ccc(-c2n[nH]c(C3CCCCC3)n2)cc1)N1CCOCC1. The number of H-pyrrole nitrogens is 1. The van der Waals surface area contributed by atoms with Crippen molar-refractivity contribution in [2.45, 2.75) is 51.0 Å². The third-order valence-electron chi connectivity index (χ3n) is 5.74. The fourth-order valence-corrected chi connectivity index (χ4v) is 4.05. The molecule has 5 heteroatoms. The number of ether oxygens (including phenoxy) is 1. The first-order valence-electron chi connectivity index (χ1n) is 9.65. The maximum Gasteiger partial charge on any atom is 0.181 e. The molecular formula is C20H28N4O. The molecule has 4 rings (SSSR count). The van der Waals surface area contributed by atoms with E-state index in [4.69, 9.17) is 9.72 Å². The van der Waals surface area contributed by atoms with Crippen LogP contribution in [-0.4, -0.2) is 46.4 Å². The van der Waals surface area contributed by atoms with Crippen LogP contribution in [0.15, 0.2) is 24.3 Å². The van der Waals surface area contributed by atoms with Crippen molar-refractivity contribution in [1.29, 1.82) is 0 Å². The first-order valence-corrected chi connectivity index (χ1v) is 9.65. The molecule has 0 unspecified atom stereocenters. The molecule has 2 aromatic rings. The maximum absolute atomic E-state index is 5.45. The lowest BCUT2D eigenvalue weighted by Gasteiger charge is -2.32. The van der Waals surface area contributed by atoms with E-state index in [0.717, 1.165) is 43.5 Å². The van der Waals surface area contributed by atoms with Gasteiger partial charge < -0.3 is 4.74 Å². The highest BCUT2D eigenvalue weighted by atomic mass is 16.5. The Kier molecular flexibility index (Phi) is 5.13. The van der Waals surface area contributed by atoms with Gasteiger partial charge in [0.25, 0.3) is 0 Å². The van der Waals surface area contributed by atoms with Crippen molar-refractivity contribution in [2.24, 2.45) is 0 Å². The Morgan fingerprint density at radius 2 is 1.80 bits per heavy atom. The Balaban J connectivity index is 1.45. The highest BCUT2D eigenvalue weighted by molar-refractivity contribution is 5.55. The lowest BCUT2D eigenvalue weighted by molar-refractivity contribution is 0.0198. The minimum Gasteiger partial charge on any atom is -0.379 e. The van der Waals surface area contributed by atoms with Crippen LogP contribution in [-0.2, 0) is 4.74 Å². The predicted molar refractivity (Wildman–Crippen MR) is 98.5 cm³/mol. The third kappa shape index (κ3) is 3.77. The number of nitrogens with one attached hydrogen (secondary N) is 1. The first-order chi connectivity index (χ1) is 12.3. The van der Waals surface area contributed by atoms with Gasteiger partial charge in [-0.15, -0.1) is 0 Å². The van der Waals surface area contributed by atoms with Crippen LogP contribution in [0.5, 0.6) is 0 Å². The van der Waals surface area contributed by atoms with Gasteiger partial charge in [-0.05, 0) is 25.3 Å². The fourth-order valence-electron chi connectivity index (χ4n) is 4.05. The van der Waals surface area contributed by atoms with Crippen LogP contribution < -0.4 is 0 Å². The van der Waals surface area contributed by atoms with Gasteiger partial charge in [-0.1, -0.05) is 43.5 Å². The molecule has 1 aromatic heterocycles. The number of aromatic amines is 1. The molecule has 2 aliphatic rings. The molecule has 1 N–H and O–H groups in total. The summed E-state index contributed by atoms with van der Waals surface area (Å²) in [6, 6.07) is 9.15. The average molecular weight is 340 g/mol. The van der Waals surface area contributed by atoms with Gasteiger partial charge in [-0.3, -0.25) is 10.00 Å². The Morgan fingerprint density at radius 3 is 2.52 bits per heavy atom. The van der Waals surface area contributed by atoms with Gasteiger partial charge in [0.15, 0.2) is 5.82 Å². The van der Waals surface area contributed by atoms with E-state index in [1.807, 2.05) is 0 Å².